The van der Waals surface area contributed by atoms with Crippen molar-refractivity contribution in [3.63, 3.8) is 0 Å². The van der Waals surface area contributed by atoms with Gasteiger partial charge in [0.05, 0.1) is 0 Å². The molecule has 118 valence electrons. The van der Waals surface area contributed by atoms with E-state index in [1.807, 2.05) is 6.92 Å². The number of rotatable bonds is 8. The third kappa shape index (κ3) is 5.10. The van der Waals surface area contributed by atoms with Crippen molar-refractivity contribution in [3.8, 4) is 0 Å². The van der Waals surface area contributed by atoms with Crippen LogP contribution in [0.5, 0.6) is 0 Å². The molecule has 0 aliphatic rings. The molecule has 3 heteroatoms. The Balaban J connectivity index is 2.81. The highest BCUT2D eigenvalue weighted by Gasteiger charge is 2.23. The van der Waals surface area contributed by atoms with Crippen LogP contribution in [-0.2, 0) is 11.2 Å². The zero-order valence-electron chi connectivity index (χ0n) is 13.5. The van der Waals surface area contributed by atoms with Gasteiger partial charge in [-0.05, 0) is 42.9 Å². The van der Waals surface area contributed by atoms with Gasteiger partial charge in [-0.15, -0.1) is 0 Å². The highest BCUT2D eigenvalue weighted by atomic mass is 35.5. The monoisotopic (exact) mass is 312 g/mol. The molecule has 1 nitrogen and oxygen atoms in total. The quantitative estimate of drug-likeness (QED) is 0.597. The van der Waals surface area contributed by atoms with E-state index in [0.717, 1.165) is 31.2 Å². The van der Waals surface area contributed by atoms with Crippen LogP contribution in [0.2, 0.25) is 5.02 Å². The van der Waals surface area contributed by atoms with E-state index in [2.05, 4.69) is 13.8 Å². The second-order valence-electron chi connectivity index (χ2n) is 5.92. The number of halogens is 2. The molecular weight excluding hydrogens is 287 g/mol. The van der Waals surface area contributed by atoms with E-state index in [0.29, 0.717) is 28.7 Å². The highest BCUT2D eigenvalue weighted by molar-refractivity contribution is 6.31. The maximum Gasteiger partial charge on any atom is 0.135 e. The van der Waals surface area contributed by atoms with Crippen molar-refractivity contribution in [1.29, 1.82) is 0 Å². The van der Waals surface area contributed by atoms with Crippen LogP contribution >= 0.6 is 11.6 Å². The van der Waals surface area contributed by atoms with E-state index < -0.39 is 0 Å². The summed E-state index contributed by atoms with van der Waals surface area (Å²) in [6, 6.07) is 3.17. The zero-order valence-corrected chi connectivity index (χ0v) is 14.3. The molecule has 2 unspecified atom stereocenters. The minimum Gasteiger partial charge on any atom is -0.299 e. The number of benzene rings is 1. The first-order chi connectivity index (χ1) is 9.90. The predicted octanol–water partition coefficient (Wildman–Crippen LogP) is 5.75. The van der Waals surface area contributed by atoms with Crippen molar-refractivity contribution < 1.29 is 9.18 Å². The van der Waals surface area contributed by atoms with Gasteiger partial charge in [0.15, 0.2) is 0 Å². The first-order valence-corrected chi connectivity index (χ1v) is 8.25. The van der Waals surface area contributed by atoms with Gasteiger partial charge in [0, 0.05) is 17.4 Å². The van der Waals surface area contributed by atoms with Crippen molar-refractivity contribution in [1.82, 2.24) is 0 Å². The third-order valence-electron chi connectivity index (χ3n) is 4.25. The molecule has 0 saturated carbocycles. The van der Waals surface area contributed by atoms with Gasteiger partial charge in [0.2, 0.25) is 0 Å². The van der Waals surface area contributed by atoms with Gasteiger partial charge in [0.1, 0.15) is 11.6 Å². The third-order valence-corrected chi connectivity index (χ3v) is 4.60. The van der Waals surface area contributed by atoms with Crippen LogP contribution < -0.4 is 0 Å². The lowest BCUT2D eigenvalue weighted by atomic mass is 9.82. The molecule has 1 aromatic carbocycles. The molecule has 0 aromatic heterocycles. The van der Waals surface area contributed by atoms with Crippen LogP contribution in [-0.4, -0.2) is 5.78 Å². The van der Waals surface area contributed by atoms with Crippen molar-refractivity contribution in [2.45, 2.75) is 59.8 Å². The summed E-state index contributed by atoms with van der Waals surface area (Å²) in [4.78, 5) is 12.2. The molecule has 21 heavy (non-hydrogen) atoms. The summed E-state index contributed by atoms with van der Waals surface area (Å²) < 4.78 is 13.4. The summed E-state index contributed by atoms with van der Waals surface area (Å²) in [5.74, 6) is 0.523. The van der Waals surface area contributed by atoms with Crippen LogP contribution in [0.25, 0.3) is 0 Å². The Bertz CT molecular complexity index is 484. The predicted molar refractivity (Wildman–Crippen MR) is 87.3 cm³/mol. The number of carbonyl (C=O) groups is 1. The van der Waals surface area contributed by atoms with Crippen LogP contribution in [0.1, 0.15) is 57.6 Å². The first-order valence-electron chi connectivity index (χ1n) is 7.87. The molecule has 0 fully saturated rings. The Morgan fingerprint density at radius 2 is 1.95 bits per heavy atom. The Hall–Kier alpha value is -0.890. The molecule has 0 amide bonds. The van der Waals surface area contributed by atoms with E-state index in [9.17, 15) is 9.18 Å². The average molecular weight is 313 g/mol. The molecular formula is C18H26ClFO. The van der Waals surface area contributed by atoms with Crippen molar-refractivity contribution in [2.75, 3.05) is 0 Å². The number of aryl methyl sites for hydroxylation is 2. The van der Waals surface area contributed by atoms with Gasteiger partial charge in [-0.1, -0.05) is 51.3 Å². The van der Waals surface area contributed by atoms with Crippen LogP contribution in [0, 0.1) is 24.6 Å². The smallest absolute Gasteiger partial charge is 0.135 e. The second kappa shape index (κ2) is 8.53. The lowest BCUT2D eigenvalue weighted by Gasteiger charge is -2.22. The fourth-order valence-electron chi connectivity index (χ4n) is 2.90. The molecule has 1 aromatic rings. The lowest BCUT2D eigenvalue weighted by Crippen LogP contribution is -2.22. The SMILES string of the molecule is CCCC(C)C(CCc1cc(C)c(F)cc1Cl)C(=O)CC. The first kappa shape index (κ1) is 18.2. The molecule has 1 rings (SSSR count). The van der Waals surface area contributed by atoms with Gasteiger partial charge in [-0.3, -0.25) is 4.79 Å². The fourth-order valence-corrected chi connectivity index (χ4v) is 3.15. The number of hydrogen-bond acceptors (Lipinski definition) is 1. The maximum absolute atomic E-state index is 13.4. The molecule has 0 N–H and O–H groups in total. The summed E-state index contributed by atoms with van der Waals surface area (Å²) in [6.07, 6.45) is 4.25. The van der Waals surface area contributed by atoms with E-state index >= 15 is 0 Å². The Kier molecular flexibility index (Phi) is 7.37. The van der Waals surface area contributed by atoms with Crippen molar-refractivity contribution in [3.05, 3.63) is 34.1 Å². The molecule has 0 aliphatic carbocycles. The number of hydrogen-bond donors (Lipinski definition) is 0. The largest absolute Gasteiger partial charge is 0.299 e. The second-order valence-corrected chi connectivity index (χ2v) is 6.33. The standard InChI is InChI=1S/C18H26ClFO/c1-5-7-12(3)15(18(21)6-2)9-8-14-10-13(4)17(20)11-16(14)19/h10-12,15H,5-9H2,1-4H3. The van der Waals surface area contributed by atoms with E-state index in [-0.39, 0.29) is 11.7 Å². The Morgan fingerprint density at radius 3 is 2.52 bits per heavy atom. The normalized spacial score (nSPS) is 14.0. The summed E-state index contributed by atoms with van der Waals surface area (Å²) in [7, 11) is 0. The number of ketones is 1. The van der Waals surface area contributed by atoms with E-state index in [4.69, 9.17) is 11.6 Å². The molecule has 2 atom stereocenters. The van der Waals surface area contributed by atoms with Gasteiger partial charge < -0.3 is 0 Å². The summed E-state index contributed by atoms with van der Waals surface area (Å²) in [6.45, 7) is 7.95. The van der Waals surface area contributed by atoms with Crippen molar-refractivity contribution in [2.24, 2.45) is 11.8 Å². The number of Topliss-reactive ketones (excluding diaryl/α,β-unsaturated/α-hetero) is 1. The van der Waals surface area contributed by atoms with E-state index in [1.165, 1.54) is 6.07 Å². The van der Waals surface area contributed by atoms with Crippen LogP contribution in [0.4, 0.5) is 4.39 Å². The minimum absolute atomic E-state index is 0.0800. The molecule has 0 bridgehead atoms. The van der Waals surface area contributed by atoms with Gasteiger partial charge in [-0.25, -0.2) is 4.39 Å². The summed E-state index contributed by atoms with van der Waals surface area (Å²) in [5, 5.41) is 0.462. The lowest BCUT2D eigenvalue weighted by molar-refractivity contribution is -0.124. The minimum atomic E-state index is -0.274. The Labute approximate surface area is 132 Å². The van der Waals surface area contributed by atoms with E-state index in [1.54, 1.807) is 13.0 Å². The molecule has 0 heterocycles. The molecule has 0 radical (unpaired) electrons. The fraction of sp³-hybridized carbons (Fsp3) is 0.611. The zero-order chi connectivity index (χ0) is 16.0. The topological polar surface area (TPSA) is 17.1 Å². The summed E-state index contributed by atoms with van der Waals surface area (Å²) in [5.41, 5.74) is 1.54. The maximum atomic E-state index is 13.4. The average Bonchev–Trinajstić information content (AvgIpc) is 2.44. The summed E-state index contributed by atoms with van der Waals surface area (Å²) >= 11 is 6.11. The number of carbonyl (C=O) groups excluding carboxylic acids is 1. The Morgan fingerprint density at radius 1 is 1.29 bits per heavy atom. The molecule has 0 aliphatic heterocycles. The molecule has 0 spiro atoms. The van der Waals surface area contributed by atoms with Gasteiger partial charge >= 0.3 is 0 Å². The van der Waals surface area contributed by atoms with Gasteiger partial charge in [0.25, 0.3) is 0 Å². The van der Waals surface area contributed by atoms with Crippen LogP contribution in [0.3, 0.4) is 0 Å². The van der Waals surface area contributed by atoms with Crippen molar-refractivity contribution >= 4 is 17.4 Å². The molecule has 0 saturated heterocycles. The van der Waals surface area contributed by atoms with Gasteiger partial charge in [-0.2, -0.15) is 0 Å². The van der Waals surface area contributed by atoms with Crippen LogP contribution in [0.15, 0.2) is 12.1 Å². The highest BCUT2D eigenvalue weighted by Crippen LogP contribution is 2.27.